The number of aliphatic hydroxyl groups is 1. The largest absolute Gasteiger partial charge is 0.479 e. The van der Waals surface area contributed by atoms with Crippen LogP contribution >= 0.6 is 0 Å². The summed E-state index contributed by atoms with van der Waals surface area (Å²) in [5.74, 6) is -6.72. The van der Waals surface area contributed by atoms with Crippen molar-refractivity contribution in [1.29, 1.82) is 0 Å². The topological polar surface area (TPSA) is 138 Å². The molecule has 0 amide bonds. The van der Waals surface area contributed by atoms with Gasteiger partial charge in [0.15, 0.2) is 0 Å². The first-order valence-electron chi connectivity index (χ1n) is 8.16. The lowest BCUT2D eigenvalue weighted by Crippen LogP contribution is -2.61. The van der Waals surface area contributed by atoms with Gasteiger partial charge in [-0.15, -0.1) is 0 Å². The molecule has 2 aromatic rings. The van der Waals surface area contributed by atoms with Crippen molar-refractivity contribution in [2.24, 2.45) is 0 Å². The first-order valence-corrected chi connectivity index (χ1v) is 8.16. The Balaban J connectivity index is 2.65. The molecular formula is C20H18O8. The van der Waals surface area contributed by atoms with E-state index in [1.165, 1.54) is 37.3 Å². The van der Waals surface area contributed by atoms with Crippen LogP contribution < -0.4 is 0 Å². The summed E-state index contributed by atoms with van der Waals surface area (Å²) in [6.45, 7) is 3.05. The van der Waals surface area contributed by atoms with Crippen molar-refractivity contribution >= 4 is 23.7 Å². The lowest BCUT2D eigenvalue weighted by molar-refractivity contribution is -0.176. The Morgan fingerprint density at radius 3 is 1.75 bits per heavy atom. The maximum Gasteiger partial charge on any atom is 0.360 e. The average molecular weight is 386 g/mol. The van der Waals surface area contributed by atoms with Gasteiger partial charge in [0.2, 0.25) is 11.9 Å². The molecule has 146 valence electrons. The molecule has 0 aromatic heterocycles. The number of ketones is 1. The highest BCUT2D eigenvalue weighted by atomic mass is 16.6. The summed E-state index contributed by atoms with van der Waals surface area (Å²) in [5.41, 5.74) is -2.88. The number of carboxylic acids is 2. The molecule has 0 spiro atoms. The molecular weight excluding hydrogens is 368 g/mol. The van der Waals surface area contributed by atoms with E-state index in [4.69, 9.17) is 4.74 Å². The van der Waals surface area contributed by atoms with Crippen LogP contribution in [0.2, 0.25) is 0 Å². The Morgan fingerprint density at radius 1 is 0.857 bits per heavy atom. The van der Waals surface area contributed by atoms with Gasteiger partial charge >= 0.3 is 23.5 Å². The molecule has 0 unspecified atom stereocenters. The highest BCUT2D eigenvalue weighted by Gasteiger charge is 2.60. The fourth-order valence-electron chi connectivity index (χ4n) is 2.69. The van der Waals surface area contributed by atoms with Crippen LogP contribution in [0, 0.1) is 13.8 Å². The zero-order valence-corrected chi connectivity index (χ0v) is 15.1. The molecule has 0 bridgehead atoms. The number of rotatable bonds is 7. The Hall–Kier alpha value is -3.52. The Bertz CT molecular complexity index is 949. The van der Waals surface area contributed by atoms with Crippen molar-refractivity contribution in [2.45, 2.75) is 25.6 Å². The highest BCUT2D eigenvalue weighted by molar-refractivity contribution is 6.19. The van der Waals surface area contributed by atoms with Crippen molar-refractivity contribution in [2.75, 3.05) is 0 Å². The minimum Gasteiger partial charge on any atom is -0.479 e. The van der Waals surface area contributed by atoms with Crippen molar-refractivity contribution in [3.63, 3.8) is 0 Å². The van der Waals surface area contributed by atoms with Crippen molar-refractivity contribution in [3.8, 4) is 0 Å². The number of ether oxygens (including phenoxy) is 1. The fourth-order valence-corrected chi connectivity index (χ4v) is 2.69. The Morgan fingerprint density at radius 2 is 1.32 bits per heavy atom. The maximum atomic E-state index is 13.0. The van der Waals surface area contributed by atoms with E-state index in [-0.39, 0.29) is 11.1 Å². The normalized spacial score (nSPS) is 13.8. The molecule has 2 aromatic carbocycles. The number of carboxylic acid groups (broad SMARTS) is 2. The van der Waals surface area contributed by atoms with Crippen LogP contribution in [0.5, 0.6) is 0 Å². The number of aliphatic carboxylic acids is 2. The van der Waals surface area contributed by atoms with E-state index in [9.17, 15) is 34.5 Å². The fraction of sp³-hybridized carbons (Fsp3) is 0.200. The van der Waals surface area contributed by atoms with Gasteiger partial charge in [0.05, 0.1) is 5.56 Å². The van der Waals surface area contributed by atoms with E-state index in [1.807, 2.05) is 0 Å². The van der Waals surface area contributed by atoms with Gasteiger partial charge < -0.3 is 20.1 Å². The number of aliphatic hydroxyl groups excluding tert-OH is 1. The van der Waals surface area contributed by atoms with Gasteiger partial charge in [0.25, 0.3) is 0 Å². The molecule has 2 rings (SSSR count). The standard InChI is InChI=1S/C20H18O8/c1-11-7-3-5-9-13(11)15(21)20(19(26)27,16(22)17(23)24)28-18(25)14-10-6-4-8-12(14)2/h3-10,16,22H,1-2H3,(H,23,24)(H,26,27)/t16-,20+/m1/s1. The molecule has 0 heterocycles. The lowest BCUT2D eigenvalue weighted by atomic mass is 9.85. The van der Waals surface area contributed by atoms with E-state index in [0.29, 0.717) is 11.1 Å². The number of Topliss-reactive ketones (excluding diaryl/α,β-unsaturated/α-hetero) is 1. The van der Waals surface area contributed by atoms with E-state index < -0.39 is 35.4 Å². The Labute approximate surface area is 160 Å². The molecule has 0 radical (unpaired) electrons. The van der Waals surface area contributed by atoms with Crippen LogP contribution in [0.3, 0.4) is 0 Å². The second-order valence-electron chi connectivity index (χ2n) is 6.13. The summed E-state index contributed by atoms with van der Waals surface area (Å²) in [6, 6.07) is 11.8. The van der Waals surface area contributed by atoms with Crippen LogP contribution in [0.4, 0.5) is 0 Å². The third-order valence-corrected chi connectivity index (χ3v) is 4.28. The summed E-state index contributed by atoms with van der Waals surface area (Å²) < 4.78 is 4.94. The number of carbonyl (C=O) groups is 4. The smallest absolute Gasteiger partial charge is 0.360 e. The summed E-state index contributed by atoms with van der Waals surface area (Å²) in [6.07, 6.45) is -2.83. The van der Waals surface area contributed by atoms with E-state index in [2.05, 4.69) is 0 Å². The summed E-state index contributed by atoms with van der Waals surface area (Å²) in [4.78, 5) is 49.1. The second kappa shape index (κ2) is 8.01. The predicted octanol–water partition coefficient (Wildman–Crippen LogP) is 1.61. The second-order valence-corrected chi connectivity index (χ2v) is 6.13. The molecule has 0 aliphatic carbocycles. The van der Waals surface area contributed by atoms with Gasteiger partial charge in [-0.2, -0.15) is 0 Å². The number of carbonyl (C=O) groups excluding carboxylic acids is 2. The third-order valence-electron chi connectivity index (χ3n) is 4.28. The molecule has 0 fully saturated rings. The zero-order valence-electron chi connectivity index (χ0n) is 15.1. The quantitative estimate of drug-likeness (QED) is 0.371. The van der Waals surface area contributed by atoms with Crippen molar-refractivity contribution in [3.05, 3.63) is 70.8 Å². The molecule has 0 aliphatic rings. The minimum atomic E-state index is -3.36. The first-order chi connectivity index (χ1) is 13.1. The molecule has 2 atom stereocenters. The van der Waals surface area contributed by atoms with E-state index in [0.717, 1.165) is 0 Å². The predicted molar refractivity (Wildman–Crippen MR) is 96.1 cm³/mol. The third kappa shape index (κ3) is 3.63. The van der Waals surface area contributed by atoms with Gasteiger partial charge in [-0.05, 0) is 31.0 Å². The molecule has 3 N–H and O–H groups in total. The highest BCUT2D eigenvalue weighted by Crippen LogP contribution is 2.27. The van der Waals surface area contributed by atoms with Crippen LogP contribution in [0.1, 0.15) is 31.8 Å². The van der Waals surface area contributed by atoms with Gasteiger partial charge in [0, 0.05) is 5.56 Å². The number of aryl methyl sites for hydroxylation is 2. The SMILES string of the molecule is Cc1ccccc1C(=O)O[C@@](C(=O)O)(C(=O)c1ccccc1C)[C@H](O)C(=O)O. The molecule has 0 saturated carbocycles. The van der Waals surface area contributed by atoms with Gasteiger partial charge in [-0.1, -0.05) is 42.5 Å². The Kier molecular flexibility index (Phi) is 5.95. The van der Waals surface area contributed by atoms with E-state index in [1.54, 1.807) is 25.1 Å². The zero-order chi connectivity index (χ0) is 21.1. The van der Waals surface area contributed by atoms with Crippen molar-refractivity contribution in [1.82, 2.24) is 0 Å². The number of hydrogen-bond donors (Lipinski definition) is 3. The van der Waals surface area contributed by atoms with E-state index >= 15 is 0 Å². The average Bonchev–Trinajstić information content (AvgIpc) is 2.65. The van der Waals surface area contributed by atoms with Gasteiger partial charge in [-0.3, -0.25) is 4.79 Å². The van der Waals surface area contributed by atoms with Crippen LogP contribution in [0.25, 0.3) is 0 Å². The molecule has 8 nitrogen and oxygen atoms in total. The van der Waals surface area contributed by atoms with Gasteiger partial charge in [-0.25, -0.2) is 14.4 Å². The number of esters is 1. The maximum absolute atomic E-state index is 13.0. The molecule has 8 heteroatoms. The molecule has 0 saturated heterocycles. The lowest BCUT2D eigenvalue weighted by Gasteiger charge is -2.30. The van der Waals surface area contributed by atoms with Crippen LogP contribution in [-0.4, -0.2) is 50.7 Å². The summed E-state index contributed by atoms with van der Waals surface area (Å²) >= 11 is 0. The summed E-state index contributed by atoms with van der Waals surface area (Å²) in [7, 11) is 0. The number of hydrogen-bond acceptors (Lipinski definition) is 6. The minimum absolute atomic E-state index is 0.0664. The monoisotopic (exact) mass is 386 g/mol. The van der Waals surface area contributed by atoms with Crippen LogP contribution in [0.15, 0.2) is 48.5 Å². The van der Waals surface area contributed by atoms with Crippen molar-refractivity contribution < 1.29 is 39.2 Å². The first kappa shape index (κ1) is 20.8. The summed E-state index contributed by atoms with van der Waals surface area (Å²) in [5, 5.41) is 29.0. The molecule has 28 heavy (non-hydrogen) atoms. The number of benzene rings is 2. The van der Waals surface area contributed by atoms with Crippen LogP contribution in [-0.2, 0) is 14.3 Å². The van der Waals surface area contributed by atoms with Gasteiger partial charge in [0.1, 0.15) is 0 Å². The molecule has 0 aliphatic heterocycles.